The summed E-state index contributed by atoms with van der Waals surface area (Å²) in [6.45, 7) is 5.43. The SMILES string of the molecule is CC[C@H](C(=O)NC(C)C)N(Cc1ccc(Cl)cc1Cl)C(=O)COc1cc(OC)cc(OC)c1. The molecule has 2 rings (SSSR count). The largest absolute Gasteiger partial charge is 0.496 e. The minimum Gasteiger partial charge on any atom is -0.496 e. The van der Waals surface area contributed by atoms with Crippen LogP contribution in [0.3, 0.4) is 0 Å². The van der Waals surface area contributed by atoms with Crippen LogP contribution in [0.4, 0.5) is 0 Å². The van der Waals surface area contributed by atoms with Gasteiger partial charge < -0.3 is 24.4 Å². The van der Waals surface area contributed by atoms with Crippen LogP contribution in [0.25, 0.3) is 0 Å². The van der Waals surface area contributed by atoms with Gasteiger partial charge in [0.15, 0.2) is 6.61 Å². The maximum Gasteiger partial charge on any atom is 0.261 e. The van der Waals surface area contributed by atoms with Gasteiger partial charge in [0.1, 0.15) is 23.3 Å². The maximum atomic E-state index is 13.3. The molecule has 2 amide bonds. The Balaban J connectivity index is 2.29. The summed E-state index contributed by atoms with van der Waals surface area (Å²) >= 11 is 12.4. The highest BCUT2D eigenvalue weighted by atomic mass is 35.5. The highest BCUT2D eigenvalue weighted by molar-refractivity contribution is 6.35. The molecule has 0 spiro atoms. The van der Waals surface area contributed by atoms with Gasteiger partial charge in [0.25, 0.3) is 5.91 Å². The van der Waals surface area contributed by atoms with Gasteiger partial charge in [-0.25, -0.2) is 0 Å². The van der Waals surface area contributed by atoms with Crippen LogP contribution >= 0.6 is 23.2 Å². The number of nitrogens with zero attached hydrogens (tertiary/aromatic N) is 1. The smallest absolute Gasteiger partial charge is 0.261 e. The van der Waals surface area contributed by atoms with E-state index in [1.54, 1.807) is 36.4 Å². The van der Waals surface area contributed by atoms with Crippen molar-refractivity contribution in [2.24, 2.45) is 0 Å². The molecule has 0 aliphatic rings. The fraction of sp³-hybridized carbons (Fsp3) is 0.417. The summed E-state index contributed by atoms with van der Waals surface area (Å²) in [5, 5.41) is 3.78. The molecule has 0 aliphatic carbocycles. The molecule has 1 N–H and O–H groups in total. The monoisotopic (exact) mass is 496 g/mol. The average Bonchev–Trinajstić information content (AvgIpc) is 2.77. The number of nitrogens with one attached hydrogen (secondary N) is 1. The predicted molar refractivity (Wildman–Crippen MR) is 129 cm³/mol. The Bertz CT molecular complexity index is 946. The molecular weight excluding hydrogens is 467 g/mol. The van der Waals surface area contributed by atoms with Crippen molar-refractivity contribution in [2.45, 2.75) is 45.8 Å². The van der Waals surface area contributed by atoms with Gasteiger partial charge in [-0.1, -0.05) is 36.2 Å². The molecule has 180 valence electrons. The number of carbonyl (C=O) groups is 2. The van der Waals surface area contributed by atoms with Crippen molar-refractivity contribution < 1.29 is 23.8 Å². The van der Waals surface area contributed by atoms with Crippen LogP contribution in [0.15, 0.2) is 36.4 Å². The number of ether oxygens (including phenoxy) is 3. The van der Waals surface area contributed by atoms with Crippen LogP contribution in [0.2, 0.25) is 10.0 Å². The van der Waals surface area contributed by atoms with Crippen LogP contribution in [-0.2, 0) is 16.1 Å². The summed E-state index contributed by atoms with van der Waals surface area (Å²) in [6.07, 6.45) is 0.419. The summed E-state index contributed by atoms with van der Waals surface area (Å²) in [7, 11) is 3.06. The van der Waals surface area contributed by atoms with E-state index < -0.39 is 6.04 Å². The number of carbonyl (C=O) groups excluding carboxylic acids is 2. The zero-order valence-corrected chi connectivity index (χ0v) is 21.0. The molecule has 9 heteroatoms. The van der Waals surface area contributed by atoms with Gasteiger partial charge in [0.05, 0.1) is 14.2 Å². The van der Waals surface area contributed by atoms with Gasteiger partial charge in [0, 0.05) is 40.8 Å². The first-order chi connectivity index (χ1) is 15.7. The lowest BCUT2D eigenvalue weighted by Crippen LogP contribution is -2.51. The molecule has 0 heterocycles. The molecule has 0 saturated heterocycles. The third-order valence-electron chi connectivity index (χ3n) is 4.86. The average molecular weight is 497 g/mol. The van der Waals surface area contributed by atoms with Crippen molar-refractivity contribution in [2.75, 3.05) is 20.8 Å². The van der Waals surface area contributed by atoms with Gasteiger partial charge in [-0.3, -0.25) is 9.59 Å². The molecule has 1 atom stereocenters. The molecule has 0 bridgehead atoms. The first-order valence-electron chi connectivity index (χ1n) is 10.6. The second kappa shape index (κ2) is 12.6. The van der Waals surface area contributed by atoms with Crippen molar-refractivity contribution >= 4 is 35.0 Å². The predicted octanol–water partition coefficient (Wildman–Crippen LogP) is 4.72. The molecule has 33 heavy (non-hydrogen) atoms. The Hall–Kier alpha value is -2.64. The van der Waals surface area contributed by atoms with E-state index >= 15 is 0 Å². The molecule has 0 aromatic heterocycles. The summed E-state index contributed by atoms with van der Waals surface area (Å²) in [5.74, 6) is 0.861. The Kier molecular flexibility index (Phi) is 10.1. The van der Waals surface area contributed by atoms with Crippen LogP contribution in [-0.4, -0.2) is 49.6 Å². The lowest BCUT2D eigenvalue weighted by Gasteiger charge is -2.31. The third kappa shape index (κ3) is 7.72. The van der Waals surface area contributed by atoms with Crippen molar-refractivity contribution in [1.82, 2.24) is 10.2 Å². The van der Waals surface area contributed by atoms with Gasteiger partial charge in [-0.2, -0.15) is 0 Å². The van der Waals surface area contributed by atoms with E-state index in [1.807, 2.05) is 20.8 Å². The molecule has 0 aliphatic heterocycles. The lowest BCUT2D eigenvalue weighted by atomic mass is 10.1. The van der Waals surface area contributed by atoms with Gasteiger partial charge >= 0.3 is 0 Å². The van der Waals surface area contributed by atoms with Gasteiger partial charge in [-0.15, -0.1) is 0 Å². The first-order valence-corrected chi connectivity index (χ1v) is 11.3. The second-order valence-corrected chi connectivity index (χ2v) is 8.53. The number of methoxy groups -OCH3 is 2. The third-order valence-corrected chi connectivity index (χ3v) is 5.45. The van der Waals surface area contributed by atoms with Gasteiger partial charge in [-0.05, 0) is 38.0 Å². The summed E-state index contributed by atoms with van der Waals surface area (Å²) in [5.41, 5.74) is 0.674. The number of benzene rings is 2. The van der Waals surface area contributed by atoms with Crippen LogP contribution < -0.4 is 19.5 Å². The molecule has 7 nitrogen and oxygen atoms in total. The lowest BCUT2D eigenvalue weighted by molar-refractivity contribution is -0.143. The van der Waals surface area contributed by atoms with Crippen molar-refractivity contribution in [1.29, 1.82) is 0 Å². The standard InChI is InChI=1S/C24H30Cl2N2O5/c1-6-22(24(30)27-15(2)3)28(13-16-7-8-17(25)9-21(16)26)23(29)14-33-20-11-18(31-4)10-19(12-20)32-5/h7-12,15,22H,6,13-14H2,1-5H3,(H,27,30)/t22-/m1/s1. The summed E-state index contributed by atoms with van der Waals surface area (Å²) in [6, 6.07) is 9.28. The topological polar surface area (TPSA) is 77.1 Å². The normalized spacial score (nSPS) is 11.6. The fourth-order valence-electron chi connectivity index (χ4n) is 3.23. The molecule has 2 aromatic rings. The zero-order chi connectivity index (χ0) is 24.5. The van der Waals surface area contributed by atoms with E-state index in [0.717, 1.165) is 0 Å². The molecule has 0 unspecified atom stereocenters. The maximum absolute atomic E-state index is 13.3. The number of rotatable bonds is 11. The van der Waals surface area contributed by atoms with E-state index in [2.05, 4.69) is 5.32 Å². The highest BCUT2D eigenvalue weighted by Crippen LogP contribution is 2.28. The highest BCUT2D eigenvalue weighted by Gasteiger charge is 2.29. The summed E-state index contributed by atoms with van der Waals surface area (Å²) in [4.78, 5) is 27.6. The van der Waals surface area contributed by atoms with E-state index in [4.69, 9.17) is 37.4 Å². The molecule has 0 radical (unpaired) electrons. The zero-order valence-electron chi connectivity index (χ0n) is 19.5. The number of amides is 2. The molecular formula is C24H30Cl2N2O5. The first kappa shape index (κ1) is 26.6. The minimum absolute atomic E-state index is 0.0666. The number of hydrogen-bond acceptors (Lipinski definition) is 5. The van der Waals surface area contributed by atoms with E-state index in [1.165, 1.54) is 19.1 Å². The van der Waals surface area contributed by atoms with Crippen LogP contribution in [0, 0.1) is 0 Å². The van der Waals surface area contributed by atoms with Crippen LogP contribution in [0.1, 0.15) is 32.8 Å². The van der Waals surface area contributed by atoms with Crippen molar-refractivity contribution in [3.05, 3.63) is 52.0 Å². The van der Waals surface area contributed by atoms with Gasteiger partial charge in [0.2, 0.25) is 5.91 Å². The Morgan fingerprint density at radius 1 is 1.00 bits per heavy atom. The Morgan fingerprint density at radius 2 is 1.61 bits per heavy atom. The van der Waals surface area contributed by atoms with E-state index in [-0.39, 0.29) is 31.0 Å². The molecule has 0 fully saturated rings. The van der Waals surface area contributed by atoms with E-state index in [9.17, 15) is 9.59 Å². The minimum atomic E-state index is -0.699. The van der Waals surface area contributed by atoms with Crippen molar-refractivity contribution in [3.8, 4) is 17.2 Å². The number of halogens is 2. The molecule has 0 saturated carbocycles. The fourth-order valence-corrected chi connectivity index (χ4v) is 3.69. The molecule has 2 aromatic carbocycles. The second-order valence-electron chi connectivity index (χ2n) is 7.68. The Labute approximate surface area is 204 Å². The quantitative estimate of drug-likeness (QED) is 0.486. The number of hydrogen-bond donors (Lipinski definition) is 1. The Morgan fingerprint density at radius 3 is 2.12 bits per heavy atom. The van der Waals surface area contributed by atoms with E-state index in [0.29, 0.717) is 39.3 Å². The summed E-state index contributed by atoms with van der Waals surface area (Å²) < 4.78 is 16.2. The van der Waals surface area contributed by atoms with Crippen molar-refractivity contribution in [3.63, 3.8) is 0 Å². The van der Waals surface area contributed by atoms with Crippen LogP contribution in [0.5, 0.6) is 17.2 Å².